The van der Waals surface area contributed by atoms with E-state index in [4.69, 9.17) is 4.42 Å². The van der Waals surface area contributed by atoms with Gasteiger partial charge < -0.3 is 9.52 Å². The molecule has 0 fully saturated rings. The van der Waals surface area contributed by atoms with Crippen molar-refractivity contribution in [3.8, 4) is 5.75 Å². The number of carbonyl (C=O) groups is 1. The molecule has 0 saturated heterocycles. The summed E-state index contributed by atoms with van der Waals surface area (Å²) in [5, 5.41) is 11.9. The molecule has 0 spiro atoms. The van der Waals surface area contributed by atoms with Crippen molar-refractivity contribution in [2.24, 2.45) is 0 Å². The predicted molar refractivity (Wildman–Crippen MR) is 101 cm³/mol. The Balaban J connectivity index is 1.79. The van der Waals surface area contributed by atoms with Crippen molar-refractivity contribution in [1.82, 2.24) is 0 Å². The summed E-state index contributed by atoms with van der Waals surface area (Å²) < 4.78 is 5.35. The van der Waals surface area contributed by atoms with Crippen LogP contribution in [0.2, 0.25) is 0 Å². The summed E-state index contributed by atoms with van der Waals surface area (Å²) in [5.74, 6) is -0.280. The number of hydrogen-bond donors (Lipinski definition) is 1. The van der Waals surface area contributed by atoms with Gasteiger partial charge in [0.1, 0.15) is 16.9 Å². The SMILES string of the molecule is O=C(/C=C/c1ccc(O)cc1)c1cc2c(ccc3ccccc32)oc1=O. The van der Waals surface area contributed by atoms with Crippen LogP contribution in [0.3, 0.4) is 0 Å². The van der Waals surface area contributed by atoms with E-state index in [2.05, 4.69) is 0 Å². The number of hydrogen-bond acceptors (Lipinski definition) is 4. The van der Waals surface area contributed by atoms with Crippen molar-refractivity contribution in [2.45, 2.75) is 0 Å². The lowest BCUT2D eigenvalue weighted by Gasteiger charge is -2.04. The van der Waals surface area contributed by atoms with Crippen LogP contribution < -0.4 is 5.63 Å². The third-order valence-electron chi connectivity index (χ3n) is 4.23. The van der Waals surface area contributed by atoms with Gasteiger partial charge in [-0.15, -0.1) is 0 Å². The molecule has 0 radical (unpaired) electrons. The van der Waals surface area contributed by atoms with E-state index in [1.807, 2.05) is 30.3 Å². The Labute approximate surface area is 148 Å². The van der Waals surface area contributed by atoms with Gasteiger partial charge in [0, 0.05) is 5.39 Å². The molecular formula is C22H14O4. The smallest absolute Gasteiger partial charge is 0.347 e. The molecule has 1 heterocycles. The molecule has 3 aromatic carbocycles. The lowest BCUT2D eigenvalue weighted by molar-refractivity contribution is 0.104. The van der Waals surface area contributed by atoms with E-state index in [1.165, 1.54) is 18.2 Å². The maximum atomic E-state index is 12.5. The first-order valence-corrected chi connectivity index (χ1v) is 8.09. The van der Waals surface area contributed by atoms with Gasteiger partial charge in [0.15, 0.2) is 5.78 Å². The van der Waals surface area contributed by atoms with E-state index in [0.717, 1.165) is 21.7 Å². The van der Waals surface area contributed by atoms with Crippen molar-refractivity contribution in [3.63, 3.8) is 0 Å². The highest BCUT2D eigenvalue weighted by Gasteiger charge is 2.13. The Morgan fingerprint density at radius 1 is 0.923 bits per heavy atom. The average Bonchev–Trinajstić information content (AvgIpc) is 2.66. The molecule has 4 nitrogen and oxygen atoms in total. The summed E-state index contributed by atoms with van der Waals surface area (Å²) >= 11 is 0. The lowest BCUT2D eigenvalue weighted by Crippen LogP contribution is -2.12. The number of benzene rings is 3. The van der Waals surface area contributed by atoms with Gasteiger partial charge in [0.2, 0.25) is 0 Å². The summed E-state index contributed by atoms with van der Waals surface area (Å²) in [5.41, 5.74) is 0.525. The minimum atomic E-state index is -0.659. The minimum Gasteiger partial charge on any atom is -0.508 e. The van der Waals surface area contributed by atoms with Crippen LogP contribution in [0.4, 0.5) is 0 Å². The number of fused-ring (bicyclic) bond motifs is 3. The van der Waals surface area contributed by atoms with Crippen molar-refractivity contribution >= 4 is 33.6 Å². The molecule has 4 aromatic rings. The maximum absolute atomic E-state index is 12.5. The van der Waals surface area contributed by atoms with E-state index >= 15 is 0 Å². The lowest BCUT2D eigenvalue weighted by atomic mass is 10.0. The van der Waals surface area contributed by atoms with Gasteiger partial charge in [-0.05, 0) is 46.7 Å². The first-order valence-electron chi connectivity index (χ1n) is 8.09. The van der Waals surface area contributed by atoms with E-state index in [-0.39, 0.29) is 11.3 Å². The third kappa shape index (κ3) is 2.89. The van der Waals surface area contributed by atoms with Gasteiger partial charge in [-0.3, -0.25) is 4.79 Å². The predicted octanol–water partition coefficient (Wildman–Crippen LogP) is 4.55. The summed E-state index contributed by atoms with van der Waals surface area (Å²) in [6.45, 7) is 0. The molecule has 0 unspecified atom stereocenters. The number of aromatic hydroxyl groups is 1. The minimum absolute atomic E-state index is 0.0103. The first kappa shape index (κ1) is 15.8. The zero-order chi connectivity index (χ0) is 18.1. The number of carbonyl (C=O) groups excluding carboxylic acids is 1. The second kappa shape index (κ2) is 6.33. The van der Waals surface area contributed by atoms with Gasteiger partial charge in [-0.25, -0.2) is 4.79 Å². The number of allylic oxidation sites excluding steroid dienone is 1. The van der Waals surface area contributed by atoms with Crippen LogP contribution in [-0.2, 0) is 0 Å². The molecule has 0 amide bonds. The zero-order valence-electron chi connectivity index (χ0n) is 13.7. The van der Waals surface area contributed by atoms with Crippen LogP contribution >= 0.6 is 0 Å². The molecule has 1 N–H and O–H groups in total. The van der Waals surface area contributed by atoms with Crippen LogP contribution in [0.5, 0.6) is 5.75 Å². The van der Waals surface area contributed by atoms with Crippen LogP contribution in [0.1, 0.15) is 15.9 Å². The molecule has 26 heavy (non-hydrogen) atoms. The van der Waals surface area contributed by atoms with Crippen molar-refractivity contribution in [1.29, 1.82) is 0 Å². The number of rotatable bonds is 3. The van der Waals surface area contributed by atoms with Gasteiger partial charge in [0.25, 0.3) is 0 Å². The highest BCUT2D eigenvalue weighted by Crippen LogP contribution is 2.25. The monoisotopic (exact) mass is 342 g/mol. The van der Waals surface area contributed by atoms with E-state index in [0.29, 0.717) is 5.58 Å². The standard InChI is InChI=1S/C22H14O4/c23-16-9-5-14(6-10-16)7-11-20(24)19-13-18-17-4-2-1-3-15(17)8-12-21(18)26-22(19)25/h1-13,23H/b11-7+. The second-order valence-electron chi connectivity index (χ2n) is 5.94. The Morgan fingerprint density at radius 3 is 2.50 bits per heavy atom. The van der Waals surface area contributed by atoms with Crippen LogP contribution in [0, 0.1) is 0 Å². The Kier molecular flexibility index (Phi) is 3.86. The molecule has 0 aliphatic carbocycles. The molecule has 1 aromatic heterocycles. The van der Waals surface area contributed by atoms with Gasteiger partial charge in [0.05, 0.1) is 0 Å². The van der Waals surface area contributed by atoms with Gasteiger partial charge in [-0.1, -0.05) is 48.5 Å². The average molecular weight is 342 g/mol. The third-order valence-corrected chi connectivity index (χ3v) is 4.23. The summed E-state index contributed by atoms with van der Waals surface area (Å²) in [7, 11) is 0. The highest BCUT2D eigenvalue weighted by molar-refractivity contribution is 6.11. The fourth-order valence-corrected chi connectivity index (χ4v) is 2.89. The number of ketones is 1. The summed E-state index contributed by atoms with van der Waals surface area (Å²) in [6.07, 6.45) is 2.92. The van der Waals surface area contributed by atoms with Crippen molar-refractivity contribution in [2.75, 3.05) is 0 Å². The van der Waals surface area contributed by atoms with Gasteiger partial charge in [-0.2, -0.15) is 0 Å². The van der Waals surface area contributed by atoms with Crippen LogP contribution in [0.25, 0.3) is 27.8 Å². The molecule has 0 saturated carbocycles. The summed E-state index contributed by atoms with van der Waals surface area (Å²) in [4.78, 5) is 24.7. The fourth-order valence-electron chi connectivity index (χ4n) is 2.89. The number of phenolic OH excluding ortho intramolecular Hbond substituents is 1. The molecule has 0 aliphatic heterocycles. The molecular weight excluding hydrogens is 328 g/mol. The Morgan fingerprint density at radius 2 is 1.69 bits per heavy atom. The molecule has 0 atom stereocenters. The quantitative estimate of drug-likeness (QED) is 0.257. The molecule has 4 rings (SSSR count). The van der Waals surface area contributed by atoms with Crippen LogP contribution in [-0.4, -0.2) is 10.9 Å². The largest absolute Gasteiger partial charge is 0.508 e. The van der Waals surface area contributed by atoms with Crippen LogP contribution in [0.15, 0.2) is 82.0 Å². The molecule has 0 aliphatic rings. The fraction of sp³-hybridized carbons (Fsp3) is 0. The molecule has 4 heteroatoms. The normalized spacial score (nSPS) is 11.4. The zero-order valence-corrected chi connectivity index (χ0v) is 13.7. The van der Waals surface area contributed by atoms with Gasteiger partial charge >= 0.3 is 5.63 Å². The number of phenols is 1. The second-order valence-corrected chi connectivity index (χ2v) is 5.94. The highest BCUT2D eigenvalue weighted by atomic mass is 16.4. The van der Waals surface area contributed by atoms with Crippen molar-refractivity contribution < 1.29 is 14.3 Å². The topological polar surface area (TPSA) is 67.5 Å². The molecule has 0 bridgehead atoms. The Bertz CT molecular complexity index is 1210. The molecule has 126 valence electrons. The summed E-state index contributed by atoms with van der Waals surface area (Å²) in [6, 6.07) is 19.3. The first-order chi connectivity index (χ1) is 12.6. The Hall–Kier alpha value is -3.66. The van der Waals surface area contributed by atoms with E-state index in [1.54, 1.807) is 30.3 Å². The van der Waals surface area contributed by atoms with E-state index < -0.39 is 11.4 Å². The van der Waals surface area contributed by atoms with Crippen molar-refractivity contribution in [3.05, 3.63) is 94.4 Å². The maximum Gasteiger partial charge on any atom is 0.347 e. The van der Waals surface area contributed by atoms with E-state index in [9.17, 15) is 14.7 Å².